The van der Waals surface area contributed by atoms with Gasteiger partial charge in [-0.3, -0.25) is 9.78 Å². The zero-order chi connectivity index (χ0) is 18.8. The minimum Gasteiger partial charge on any atom is -0.484 e. The number of oxazole rings is 1. The highest BCUT2D eigenvalue weighted by Gasteiger charge is 2.18. The summed E-state index contributed by atoms with van der Waals surface area (Å²) >= 11 is 0. The molecule has 2 aromatic heterocycles. The van der Waals surface area contributed by atoms with E-state index in [1.54, 1.807) is 25.1 Å². The molecule has 1 aliphatic rings. The number of aromatic nitrogens is 4. The molecule has 3 heterocycles. The Morgan fingerprint density at radius 2 is 2.22 bits per heavy atom. The molecule has 0 spiro atoms. The van der Waals surface area contributed by atoms with E-state index < -0.39 is 17.6 Å². The van der Waals surface area contributed by atoms with Gasteiger partial charge in [0, 0.05) is 6.07 Å². The van der Waals surface area contributed by atoms with Crippen molar-refractivity contribution in [3.63, 3.8) is 0 Å². The molecule has 0 radical (unpaired) electrons. The fourth-order valence-electron chi connectivity index (χ4n) is 2.42. The average molecular weight is 373 g/mol. The third kappa shape index (κ3) is 3.61. The Labute approximate surface area is 151 Å². The van der Waals surface area contributed by atoms with Crippen LogP contribution in [-0.4, -0.2) is 32.9 Å². The summed E-state index contributed by atoms with van der Waals surface area (Å²) in [5, 5.41) is 8.66. The second kappa shape index (κ2) is 6.86. The summed E-state index contributed by atoms with van der Waals surface area (Å²) in [7, 11) is 0. The number of hydrogen-bond acceptors (Lipinski definition) is 8. The number of nitrogens with zero attached hydrogens (tertiary/aromatic N) is 2. The number of nitrogens with one attached hydrogen (secondary N) is 3. The van der Waals surface area contributed by atoms with E-state index in [0.717, 1.165) is 0 Å². The normalized spacial score (nSPS) is 13.4. The fourth-order valence-corrected chi connectivity index (χ4v) is 2.42. The molecular formula is C16H15N5O6. The molecule has 1 atom stereocenters. The van der Waals surface area contributed by atoms with E-state index in [0.29, 0.717) is 23.1 Å². The summed E-state index contributed by atoms with van der Waals surface area (Å²) in [5.74, 6) is 1.89. The topological polar surface area (TPSA) is 144 Å². The summed E-state index contributed by atoms with van der Waals surface area (Å²) in [6.45, 7) is 1.89. The molecule has 140 valence electrons. The largest absolute Gasteiger partial charge is 0.484 e. The Bertz CT molecular complexity index is 1020. The Morgan fingerprint density at radius 1 is 1.37 bits per heavy atom. The highest BCUT2D eigenvalue weighted by atomic mass is 16.7. The lowest BCUT2D eigenvalue weighted by Gasteiger charge is -2.08. The Balaban J connectivity index is 1.35. The fraction of sp³-hybridized carbons (Fsp3) is 0.250. The molecule has 1 amide bonds. The first-order chi connectivity index (χ1) is 13.1. The Kier molecular flexibility index (Phi) is 4.24. The van der Waals surface area contributed by atoms with Gasteiger partial charge in [-0.1, -0.05) is 0 Å². The van der Waals surface area contributed by atoms with Crippen LogP contribution in [0.5, 0.6) is 17.2 Å². The first-order valence-electron chi connectivity index (χ1n) is 8.01. The molecule has 11 heteroatoms. The van der Waals surface area contributed by atoms with Crippen LogP contribution in [0.15, 0.2) is 33.7 Å². The van der Waals surface area contributed by atoms with E-state index in [2.05, 4.69) is 25.5 Å². The summed E-state index contributed by atoms with van der Waals surface area (Å²) < 4.78 is 21.4. The van der Waals surface area contributed by atoms with Crippen LogP contribution in [0.1, 0.15) is 35.2 Å². The first-order valence-corrected chi connectivity index (χ1v) is 8.01. The van der Waals surface area contributed by atoms with Gasteiger partial charge in [-0.05, 0) is 19.1 Å². The molecule has 0 saturated carbocycles. The van der Waals surface area contributed by atoms with E-state index in [4.69, 9.17) is 18.6 Å². The van der Waals surface area contributed by atoms with E-state index in [-0.39, 0.29) is 25.0 Å². The predicted molar refractivity (Wildman–Crippen MR) is 88.5 cm³/mol. The van der Waals surface area contributed by atoms with Crippen LogP contribution in [0.3, 0.4) is 0 Å². The smallest absolute Gasteiger partial charge is 0.340 e. The number of H-pyrrole nitrogens is 2. The number of hydrogen-bond donors (Lipinski definition) is 3. The molecule has 3 aromatic rings. The van der Waals surface area contributed by atoms with Gasteiger partial charge in [0.25, 0.3) is 5.91 Å². The second-order valence-corrected chi connectivity index (χ2v) is 5.69. The lowest BCUT2D eigenvalue weighted by atomic mass is 10.3. The molecule has 4 rings (SSSR count). The zero-order valence-corrected chi connectivity index (χ0v) is 14.1. The molecule has 0 aliphatic carbocycles. The van der Waals surface area contributed by atoms with Gasteiger partial charge in [-0.15, -0.1) is 0 Å². The maximum atomic E-state index is 12.2. The first kappa shape index (κ1) is 16.7. The molecule has 0 fully saturated rings. The van der Waals surface area contributed by atoms with Gasteiger partial charge >= 0.3 is 5.69 Å². The van der Waals surface area contributed by atoms with Crippen LogP contribution in [0, 0.1) is 0 Å². The lowest BCUT2D eigenvalue weighted by Crippen LogP contribution is -2.28. The van der Waals surface area contributed by atoms with Gasteiger partial charge in [0.05, 0.1) is 6.04 Å². The summed E-state index contributed by atoms with van der Waals surface area (Å²) in [4.78, 5) is 29.8. The van der Waals surface area contributed by atoms with Gasteiger partial charge < -0.3 is 23.9 Å². The number of rotatable bonds is 6. The van der Waals surface area contributed by atoms with E-state index in [1.807, 2.05) is 0 Å². The van der Waals surface area contributed by atoms with Crippen molar-refractivity contribution in [2.45, 2.75) is 19.6 Å². The highest BCUT2D eigenvalue weighted by molar-refractivity contribution is 5.92. The highest BCUT2D eigenvalue weighted by Crippen LogP contribution is 2.35. The van der Waals surface area contributed by atoms with Crippen LogP contribution in [0.4, 0.5) is 0 Å². The molecular weight excluding hydrogens is 358 g/mol. The quantitative estimate of drug-likeness (QED) is 0.578. The third-order valence-corrected chi connectivity index (χ3v) is 3.77. The number of ether oxygens (including phenoxy) is 3. The van der Waals surface area contributed by atoms with Crippen molar-refractivity contribution in [3.05, 3.63) is 52.4 Å². The third-order valence-electron chi connectivity index (χ3n) is 3.77. The van der Waals surface area contributed by atoms with E-state index in [1.165, 1.54) is 6.26 Å². The molecule has 11 nitrogen and oxygen atoms in total. The molecule has 27 heavy (non-hydrogen) atoms. The monoisotopic (exact) mass is 373 g/mol. The minimum atomic E-state index is -0.513. The number of aromatic amines is 2. The van der Waals surface area contributed by atoms with Crippen LogP contribution in [0.2, 0.25) is 0 Å². The maximum absolute atomic E-state index is 12.2. The Hall–Kier alpha value is -3.76. The second-order valence-electron chi connectivity index (χ2n) is 5.69. The molecule has 0 bridgehead atoms. The molecule has 1 aliphatic heterocycles. The van der Waals surface area contributed by atoms with Crippen LogP contribution in [-0.2, 0) is 6.61 Å². The predicted octanol–water partition coefficient (Wildman–Crippen LogP) is 0.885. The average Bonchev–Trinajstić information content (AvgIpc) is 3.39. The lowest BCUT2D eigenvalue weighted by molar-refractivity contribution is 0.0933. The van der Waals surface area contributed by atoms with Crippen molar-refractivity contribution in [1.29, 1.82) is 0 Å². The molecule has 0 unspecified atom stereocenters. The zero-order valence-electron chi connectivity index (χ0n) is 14.1. The number of carbonyl (C=O) groups excluding carboxylic acids is 1. The maximum Gasteiger partial charge on any atom is 0.340 e. The van der Waals surface area contributed by atoms with Crippen LogP contribution < -0.4 is 25.2 Å². The van der Waals surface area contributed by atoms with Crippen molar-refractivity contribution in [3.8, 4) is 17.2 Å². The standard InChI is InChI=1S/C16H15N5O6/c1-8(14-19-16(23)21-20-14)17-15(22)10-5-25-13(18-10)6-24-9-2-3-11-12(4-9)27-7-26-11/h2-5,8H,6-7H2,1H3,(H,17,22)(H2,19,20,21,23)/t8-/m1/s1. The van der Waals surface area contributed by atoms with E-state index >= 15 is 0 Å². The van der Waals surface area contributed by atoms with Crippen molar-refractivity contribution >= 4 is 5.91 Å². The van der Waals surface area contributed by atoms with Gasteiger partial charge in [0.2, 0.25) is 12.7 Å². The van der Waals surface area contributed by atoms with Crippen molar-refractivity contribution in [2.24, 2.45) is 0 Å². The number of amides is 1. The van der Waals surface area contributed by atoms with Crippen LogP contribution >= 0.6 is 0 Å². The van der Waals surface area contributed by atoms with Crippen molar-refractivity contribution < 1.29 is 23.4 Å². The summed E-state index contributed by atoms with van der Waals surface area (Å²) in [6.07, 6.45) is 1.23. The molecule has 3 N–H and O–H groups in total. The Morgan fingerprint density at radius 3 is 3.04 bits per heavy atom. The van der Waals surface area contributed by atoms with Gasteiger partial charge in [0.15, 0.2) is 29.6 Å². The SMILES string of the molecule is C[C@@H](NC(=O)c1coc(COc2ccc3c(c2)OCO3)n1)c1n[nH]c(=O)[nH]1. The van der Waals surface area contributed by atoms with Crippen molar-refractivity contribution in [2.75, 3.05) is 6.79 Å². The molecule has 0 saturated heterocycles. The van der Waals surface area contributed by atoms with Gasteiger partial charge in [-0.25, -0.2) is 14.9 Å². The van der Waals surface area contributed by atoms with Gasteiger partial charge in [-0.2, -0.15) is 5.10 Å². The minimum absolute atomic E-state index is 0.0369. The summed E-state index contributed by atoms with van der Waals surface area (Å²) in [5.41, 5.74) is -0.362. The summed E-state index contributed by atoms with van der Waals surface area (Å²) in [6, 6.07) is 4.66. The number of carbonyl (C=O) groups is 1. The van der Waals surface area contributed by atoms with Gasteiger partial charge in [0.1, 0.15) is 12.0 Å². The van der Waals surface area contributed by atoms with Crippen LogP contribution in [0.25, 0.3) is 0 Å². The number of fused-ring (bicyclic) bond motifs is 1. The van der Waals surface area contributed by atoms with Crippen molar-refractivity contribution in [1.82, 2.24) is 25.5 Å². The molecule has 1 aromatic carbocycles. The number of benzene rings is 1. The van der Waals surface area contributed by atoms with E-state index in [9.17, 15) is 9.59 Å².